The van der Waals surface area contributed by atoms with Crippen molar-refractivity contribution in [2.75, 3.05) is 0 Å². The van der Waals surface area contributed by atoms with Crippen molar-refractivity contribution in [2.24, 2.45) is 0 Å². The number of nitrogens with zero attached hydrogens (tertiary/aromatic N) is 2. The normalized spacial score (nSPS) is 11.7. The van der Waals surface area contributed by atoms with Gasteiger partial charge in [0.2, 0.25) is 0 Å². The van der Waals surface area contributed by atoms with Crippen LogP contribution in [0.25, 0.3) is 35.7 Å². The van der Waals surface area contributed by atoms with Crippen molar-refractivity contribution in [3.8, 4) is 11.4 Å². The second-order valence-corrected chi connectivity index (χ2v) is 11.8. The molecule has 0 unspecified atom stereocenters. The zero-order valence-electron chi connectivity index (χ0n) is 22.9. The van der Waals surface area contributed by atoms with Crippen LogP contribution < -0.4 is 0 Å². The molecule has 0 aliphatic heterocycles. The van der Waals surface area contributed by atoms with Gasteiger partial charge in [-0.1, -0.05) is 64.5 Å². The molecular formula is C34H40N2S2. The van der Waals surface area contributed by atoms with Crippen molar-refractivity contribution >= 4 is 47.0 Å². The minimum absolute atomic E-state index is 0.904. The summed E-state index contributed by atoms with van der Waals surface area (Å²) in [6.45, 7) is 4.53. The van der Waals surface area contributed by atoms with E-state index >= 15 is 0 Å². The number of thiophene rings is 2. The number of hydrogen-bond donors (Lipinski definition) is 0. The van der Waals surface area contributed by atoms with Gasteiger partial charge in [-0.2, -0.15) is 0 Å². The summed E-state index contributed by atoms with van der Waals surface area (Å²) in [5.74, 6) is 0. The van der Waals surface area contributed by atoms with E-state index in [1.165, 1.54) is 85.1 Å². The second-order valence-electron chi connectivity index (χ2n) is 9.86. The molecule has 0 spiro atoms. The van der Waals surface area contributed by atoms with Gasteiger partial charge >= 0.3 is 0 Å². The molecule has 0 N–H and O–H groups in total. The Hall–Kier alpha value is -2.82. The topological polar surface area (TPSA) is 25.8 Å². The molecule has 0 amide bonds. The molecule has 0 aromatic carbocycles. The van der Waals surface area contributed by atoms with Gasteiger partial charge in [0, 0.05) is 22.1 Å². The minimum atomic E-state index is 0.904. The Balaban J connectivity index is 1.42. The van der Waals surface area contributed by atoms with E-state index in [0.717, 1.165) is 22.5 Å². The van der Waals surface area contributed by atoms with E-state index < -0.39 is 0 Å². The zero-order chi connectivity index (χ0) is 26.4. The first-order chi connectivity index (χ1) is 18.8. The van der Waals surface area contributed by atoms with Crippen molar-refractivity contribution in [1.29, 1.82) is 0 Å². The monoisotopic (exact) mass is 540 g/mol. The Bertz CT molecular complexity index is 1210. The number of aryl methyl sites for hydroxylation is 2. The number of aromatic nitrogens is 2. The summed E-state index contributed by atoms with van der Waals surface area (Å²) >= 11 is 3.65. The van der Waals surface area contributed by atoms with Crippen LogP contribution in [0.3, 0.4) is 0 Å². The van der Waals surface area contributed by atoms with Gasteiger partial charge in [-0.25, -0.2) is 0 Å². The van der Waals surface area contributed by atoms with Crippen LogP contribution in [0, 0.1) is 0 Å². The van der Waals surface area contributed by atoms with Crippen LogP contribution in [-0.4, -0.2) is 9.97 Å². The van der Waals surface area contributed by atoms with Crippen LogP contribution in [0.4, 0.5) is 0 Å². The fraction of sp³-hybridized carbons (Fsp3) is 0.353. The number of pyridine rings is 2. The fourth-order valence-electron chi connectivity index (χ4n) is 4.61. The van der Waals surface area contributed by atoms with Crippen LogP contribution in [0.2, 0.25) is 0 Å². The van der Waals surface area contributed by atoms with E-state index in [0.29, 0.717) is 0 Å². The average molecular weight is 541 g/mol. The Morgan fingerprint density at radius 3 is 1.50 bits per heavy atom. The maximum atomic E-state index is 4.63. The summed E-state index contributed by atoms with van der Waals surface area (Å²) in [5, 5.41) is 4.42. The molecular weight excluding hydrogens is 501 g/mol. The van der Waals surface area contributed by atoms with Crippen LogP contribution in [0.1, 0.15) is 97.2 Å². The summed E-state index contributed by atoms with van der Waals surface area (Å²) in [6, 6.07) is 13.0. The van der Waals surface area contributed by atoms with Crippen LogP contribution >= 0.6 is 22.7 Å². The van der Waals surface area contributed by atoms with E-state index in [-0.39, 0.29) is 0 Å². The molecule has 0 aliphatic carbocycles. The summed E-state index contributed by atoms with van der Waals surface area (Å²) in [7, 11) is 0. The first-order valence-electron chi connectivity index (χ1n) is 14.2. The smallest absolute Gasteiger partial charge is 0.0892 e. The Labute approximate surface area is 237 Å². The Kier molecular flexibility index (Phi) is 11.5. The van der Waals surface area contributed by atoms with Gasteiger partial charge in [-0.15, -0.1) is 22.7 Å². The fourth-order valence-corrected chi connectivity index (χ4v) is 6.30. The summed E-state index contributed by atoms with van der Waals surface area (Å²) in [6.07, 6.45) is 25.4. The molecule has 198 valence electrons. The van der Waals surface area contributed by atoms with E-state index in [1.54, 1.807) is 0 Å². The lowest BCUT2D eigenvalue weighted by atomic mass is 10.1. The first-order valence-corrected chi connectivity index (χ1v) is 15.9. The zero-order valence-corrected chi connectivity index (χ0v) is 24.5. The Morgan fingerprint density at radius 2 is 1.05 bits per heavy atom. The van der Waals surface area contributed by atoms with Gasteiger partial charge in [0.25, 0.3) is 0 Å². The highest BCUT2D eigenvalue weighted by Crippen LogP contribution is 2.25. The van der Waals surface area contributed by atoms with Crippen LogP contribution in [0.5, 0.6) is 0 Å². The second kappa shape index (κ2) is 15.6. The lowest BCUT2D eigenvalue weighted by Crippen LogP contribution is -1.89. The lowest BCUT2D eigenvalue weighted by Gasteiger charge is -2.04. The number of rotatable bonds is 15. The molecule has 0 fully saturated rings. The first kappa shape index (κ1) is 28.2. The van der Waals surface area contributed by atoms with Gasteiger partial charge < -0.3 is 0 Å². The SMILES string of the molecule is CCCCCCc1ccsc1/C=C/c1ccnc(-c2cc(/C=C/c3sccc3CCCCCC)ccn2)c1. The van der Waals surface area contributed by atoms with Crippen molar-refractivity contribution in [2.45, 2.75) is 78.1 Å². The third kappa shape index (κ3) is 8.61. The molecule has 0 aliphatic rings. The van der Waals surface area contributed by atoms with Gasteiger partial charge in [0.1, 0.15) is 0 Å². The quantitative estimate of drug-likeness (QED) is 0.140. The van der Waals surface area contributed by atoms with E-state index in [1.807, 2.05) is 35.1 Å². The van der Waals surface area contributed by atoms with Crippen molar-refractivity contribution in [1.82, 2.24) is 9.97 Å². The number of unbranched alkanes of at least 4 members (excludes halogenated alkanes) is 6. The van der Waals surface area contributed by atoms with Gasteiger partial charge in [0.15, 0.2) is 0 Å². The number of hydrogen-bond acceptors (Lipinski definition) is 4. The molecule has 0 atom stereocenters. The third-order valence-corrected chi connectivity index (χ3v) is 8.69. The van der Waals surface area contributed by atoms with E-state index in [4.69, 9.17) is 0 Å². The Morgan fingerprint density at radius 1 is 0.579 bits per heavy atom. The summed E-state index contributed by atoms with van der Waals surface area (Å²) in [4.78, 5) is 12.0. The highest BCUT2D eigenvalue weighted by molar-refractivity contribution is 7.11. The predicted molar refractivity (Wildman–Crippen MR) is 170 cm³/mol. The van der Waals surface area contributed by atoms with Crippen LogP contribution in [0.15, 0.2) is 59.6 Å². The highest BCUT2D eigenvalue weighted by atomic mass is 32.1. The molecule has 0 saturated heterocycles. The summed E-state index contributed by atoms with van der Waals surface area (Å²) in [5.41, 5.74) is 7.03. The van der Waals surface area contributed by atoms with Crippen molar-refractivity contribution < 1.29 is 0 Å². The third-order valence-electron chi connectivity index (χ3n) is 6.85. The molecule has 4 heterocycles. The highest BCUT2D eigenvalue weighted by Gasteiger charge is 2.05. The van der Waals surface area contributed by atoms with E-state index in [2.05, 4.69) is 95.3 Å². The van der Waals surface area contributed by atoms with Crippen LogP contribution in [-0.2, 0) is 12.8 Å². The van der Waals surface area contributed by atoms with Gasteiger partial charge in [-0.05, 0) is 107 Å². The molecule has 2 nitrogen and oxygen atoms in total. The average Bonchev–Trinajstić information content (AvgIpc) is 3.60. The molecule has 0 saturated carbocycles. The van der Waals surface area contributed by atoms with Crippen molar-refractivity contribution in [3.05, 3.63) is 91.6 Å². The minimum Gasteiger partial charge on any atom is -0.255 e. The van der Waals surface area contributed by atoms with Crippen molar-refractivity contribution in [3.63, 3.8) is 0 Å². The molecule has 38 heavy (non-hydrogen) atoms. The largest absolute Gasteiger partial charge is 0.255 e. The molecule has 0 radical (unpaired) electrons. The van der Waals surface area contributed by atoms with Gasteiger partial charge in [0.05, 0.1) is 11.4 Å². The molecule has 0 bridgehead atoms. The molecule has 4 heteroatoms. The van der Waals surface area contributed by atoms with E-state index in [9.17, 15) is 0 Å². The standard InChI is InChI=1S/C34H40N2S2/c1-3-5-7-9-11-29-19-23-37-33(29)15-13-27-17-21-35-31(25-27)32-26-28(18-22-36-32)14-16-34-30(20-24-38-34)12-10-8-6-4-2/h13-26H,3-12H2,1-2H3/b15-13+,16-14+. The summed E-state index contributed by atoms with van der Waals surface area (Å²) < 4.78 is 0. The predicted octanol–water partition coefficient (Wildman–Crippen LogP) is 10.9. The molecule has 4 rings (SSSR count). The lowest BCUT2D eigenvalue weighted by molar-refractivity contribution is 0.667. The maximum absolute atomic E-state index is 4.63. The molecule has 4 aromatic rings. The molecule has 4 aromatic heterocycles. The maximum Gasteiger partial charge on any atom is 0.0892 e. The van der Waals surface area contributed by atoms with Gasteiger partial charge in [-0.3, -0.25) is 9.97 Å².